The number of carbonyl (C=O) groups is 1. The van der Waals surface area contributed by atoms with E-state index < -0.39 is 5.95 Å². The molecule has 1 unspecified atom stereocenters. The number of likely N-dealkylation sites (tertiary alicyclic amines) is 1. The Bertz CT molecular complexity index is 394. The Morgan fingerprint density at radius 2 is 2.31 bits per heavy atom. The van der Waals surface area contributed by atoms with Crippen molar-refractivity contribution < 1.29 is 9.18 Å². The minimum Gasteiger partial charge on any atom is -0.346 e. The molecule has 16 heavy (non-hydrogen) atoms. The third-order valence-electron chi connectivity index (χ3n) is 3.17. The summed E-state index contributed by atoms with van der Waals surface area (Å²) in [6, 6.07) is 3.51. The Morgan fingerprint density at radius 1 is 1.50 bits per heavy atom. The summed E-state index contributed by atoms with van der Waals surface area (Å²) in [5.74, 6) is -0.140. The normalized spacial score (nSPS) is 22.0. The van der Waals surface area contributed by atoms with Crippen LogP contribution in [0.5, 0.6) is 0 Å². The van der Waals surface area contributed by atoms with E-state index in [1.54, 1.807) is 24.1 Å². The minimum absolute atomic E-state index is 0.114. The Labute approximate surface area is 94.3 Å². The van der Waals surface area contributed by atoms with Crippen LogP contribution in [0.25, 0.3) is 0 Å². The Morgan fingerprint density at radius 3 is 3.06 bits per heavy atom. The summed E-state index contributed by atoms with van der Waals surface area (Å²) in [5, 5.41) is 0. The van der Waals surface area contributed by atoms with E-state index in [9.17, 15) is 9.18 Å². The highest BCUT2D eigenvalue weighted by atomic mass is 19.1. The minimum atomic E-state index is -0.399. The second-order valence-electron chi connectivity index (χ2n) is 4.22. The SMILES string of the molecule is CN1CCC(c2cccnc2F)CCC1=O. The summed E-state index contributed by atoms with van der Waals surface area (Å²) in [4.78, 5) is 16.9. The molecule has 2 heterocycles. The van der Waals surface area contributed by atoms with Gasteiger partial charge in [-0.05, 0) is 24.8 Å². The van der Waals surface area contributed by atoms with Crippen LogP contribution in [0.2, 0.25) is 0 Å². The smallest absolute Gasteiger partial charge is 0.222 e. The van der Waals surface area contributed by atoms with Gasteiger partial charge in [-0.1, -0.05) is 6.07 Å². The van der Waals surface area contributed by atoms with E-state index in [-0.39, 0.29) is 11.8 Å². The second-order valence-corrected chi connectivity index (χ2v) is 4.22. The van der Waals surface area contributed by atoms with Crippen molar-refractivity contribution in [2.75, 3.05) is 13.6 Å². The van der Waals surface area contributed by atoms with Gasteiger partial charge in [-0.3, -0.25) is 4.79 Å². The van der Waals surface area contributed by atoms with Crippen molar-refractivity contribution in [3.63, 3.8) is 0 Å². The lowest BCUT2D eigenvalue weighted by Crippen LogP contribution is -2.25. The molecule has 0 aliphatic carbocycles. The molecule has 1 aliphatic heterocycles. The molecule has 86 valence electrons. The summed E-state index contributed by atoms with van der Waals surface area (Å²) in [6.45, 7) is 0.692. The number of rotatable bonds is 1. The van der Waals surface area contributed by atoms with Gasteiger partial charge >= 0.3 is 0 Å². The average Bonchev–Trinajstić information content (AvgIpc) is 2.44. The zero-order chi connectivity index (χ0) is 11.5. The Hall–Kier alpha value is -1.45. The van der Waals surface area contributed by atoms with E-state index in [0.717, 1.165) is 6.42 Å². The molecular formula is C12H15FN2O. The van der Waals surface area contributed by atoms with Gasteiger partial charge in [0.25, 0.3) is 0 Å². The number of halogens is 1. The fraction of sp³-hybridized carbons (Fsp3) is 0.500. The van der Waals surface area contributed by atoms with Crippen LogP contribution in [0.3, 0.4) is 0 Å². The van der Waals surface area contributed by atoms with Gasteiger partial charge in [0.1, 0.15) is 0 Å². The fourth-order valence-electron chi connectivity index (χ4n) is 2.12. The zero-order valence-corrected chi connectivity index (χ0v) is 9.32. The quantitative estimate of drug-likeness (QED) is 0.680. The number of carbonyl (C=O) groups excluding carboxylic acids is 1. The average molecular weight is 222 g/mol. The van der Waals surface area contributed by atoms with Crippen LogP contribution in [-0.4, -0.2) is 29.4 Å². The summed E-state index contributed by atoms with van der Waals surface area (Å²) in [7, 11) is 1.80. The molecule has 0 spiro atoms. The van der Waals surface area contributed by atoms with Crippen LogP contribution in [-0.2, 0) is 4.79 Å². The summed E-state index contributed by atoms with van der Waals surface area (Å²) >= 11 is 0. The van der Waals surface area contributed by atoms with E-state index in [0.29, 0.717) is 24.9 Å². The van der Waals surface area contributed by atoms with Gasteiger partial charge in [-0.25, -0.2) is 4.98 Å². The van der Waals surface area contributed by atoms with Crippen molar-refractivity contribution in [2.45, 2.75) is 25.2 Å². The number of pyridine rings is 1. The topological polar surface area (TPSA) is 33.2 Å². The van der Waals surface area contributed by atoms with Gasteiger partial charge < -0.3 is 4.90 Å². The van der Waals surface area contributed by atoms with Gasteiger partial charge in [0, 0.05) is 31.8 Å². The second kappa shape index (κ2) is 4.60. The lowest BCUT2D eigenvalue weighted by Gasteiger charge is -2.15. The maximum absolute atomic E-state index is 13.5. The van der Waals surface area contributed by atoms with Crippen molar-refractivity contribution in [2.24, 2.45) is 0 Å². The van der Waals surface area contributed by atoms with Crippen LogP contribution in [0.1, 0.15) is 30.7 Å². The van der Waals surface area contributed by atoms with Gasteiger partial charge in [-0.2, -0.15) is 4.39 Å². The molecule has 1 amide bonds. The van der Waals surface area contributed by atoms with E-state index in [2.05, 4.69) is 4.98 Å². The highest BCUT2D eigenvalue weighted by molar-refractivity contribution is 5.76. The molecule has 0 radical (unpaired) electrons. The molecule has 0 saturated carbocycles. The van der Waals surface area contributed by atoms with Crippen molar-refractivity contribution in [3.8, 4) is 0 Å². The molecule has 1 saturated heterocycles. The third kappa shape index (κ3) is 2.21. The summed E-state index contributed by atoms with van der Waals surface area (Å²) in [6.07, 6.45) is 3.47. The molecule has 1 aromatic heterocycles. The van der Waals surface area contributed by atoms with Crippen LogP contribution < -0.4 is 0 Å². The molecule has 3 nitrogen and oxygen atoms in total. The predicted octanol–water partition coefficient (Wildman–Crippen LogP) is 1.95. The van der Waals surface area contributed by atoms with E-state index >= 15 is 0 Å². The molecule has 1 atom stereocenters. The first-order valence-corrected chi connectivity index (χ1v) is 5.53. The molecule has 0 bridgehead atoms. The van der Waals surface area contributed by atoms with Crippen LogP contribution in [0.4, 0.5) is 4.39 Å². The molecule has 4 heteroatoms. The molecule has 1 fully saturated rings. The lowest BCUT2D eigenvalue weighted by atomic mass is 9.93. The predicted molar refractivity (Wildman–Crippen MR) is 58.4 cm³/mol. The highest BCUT2D eigenvalue weighted by Gasteiger charge is 2.23. The number of aromatic nitrogens is 1. The molecular weight excluding hydrogens is 207 g/mol. The van der Waals surface area contributed by atoms with Gasteiger partial charge in [0.2, 0.25) is 11.9 Å². The monoisotopic (exact) mass is 222 g/mol. The number of hydrogen-bond donors (Lipinski definition) is 0. The standard InChI is InChI=1S/C12H15FN2O/c1-15-8-6-9(4-5-11(15)16)10-3-2-7-14-12(10)13/h2-3,7,9H,4-6,8H2,1H3. The first-order valence-electron chi connectivity index (χ1n) is 5.53. The van der Waals surface area contributed by atoms with Crippen molar-refractivity contribution in [1.82, 2.24) is 9.88 Å². The first kappa shape index (κ1) is 11.0. The fourth-order valence-corrected chi connectivity index (χ4v) is 2.12. The van der Waals surface area contributed by atoms with Gasteiger partial charge in [0.05, 0.1) is 0 Å². The Balaban J connectivity index is 2.17. The van der Waals surface area contributed by atoms with E-state index in [1.807, 2.05) is 0 Å². The lowest BCUT2D eigenvalue weighted by molar-refractivity contribution is -0.129. The first-order chi connectivity index (χ1) is 7.68. The Kier molecular flexibility index (Phi) is 3.17. The van der Waals surface area contributed by atoms with E-state index in [4.69, 9.17) is 0 Å². The third-order valence-corrected chi connectivity index (χ3v) is 3.17. The molecule has 1 aliphatic rings. The largest absolute Gasteiger partial charge is 0.346 e. The van der Waals surface area contributed by atoms with Crippen molar-refractivity contribution >= 4 is 5.91 Å². The molecule has 2 rings (SSSR count). The van der Waals surface area contributed by atoms with E-state index in [1.165, 1.54) is 6.20 Å². The number of hydrogen-bond acceptors (Lipinski definition) is 2. The van der Waals surface area contributed by atoms with Crippen LogP contribution >= 0.6 is 0 Å². The van der Waals surface area contributed by atoms with Crippen LogP contribution in [0, 0.1) is 5.95 Å². The summed E-state index contributed by atoms with van der Waals surface area (Å²) < 4.78 is 13.5. The summed E-state index contributed by atoms with van der Waals surface area (Å²) in [5.41, 5.74) is 0.644. The maximum atomic E-state index is 13.5. The zero-order valence-electron chi connectivity index (χ0n) is 9.32. The number of amides is 1. The van der Waals surface area contributed by atoms with Gasteiger partial charge in [0.15, 0.2) is 0 Å². The molecule has 0 aromatic carbocycles. The van der Waals surface area contributed by atoms with Crippen LogP contribution in [0.15, 0.2) is 18.3 Å². The van der Waals surface area contributed by atoms with Crippen molar-refractivity contribution in [3.05, 3.63) is 29.8 Å². The highest BCUT2D eigenvalue weighted by Crippen LogP contribution is 2.28. The maximum Gasteiger partial charge on any atom is 0.222 e. The number of nitrogens with zero attached hydrogens (tertiary/aromatic N) is 2. The molecule has 0 N–H and O–H groups in total. The van der Waals surface area contributed by atoms with Crippen molar-refractivity contribution in [1.29, 1.82) is 0 Å². The molecule has 1 aromatic rings. The van der Waals surface area contributed by atoms with Gasteiger partial charge in [-0.15, -0.1) is 0 Å².